The van der Waals surface area contributed by atoms with Crippen molar-refractivity contribution in [1.29, 1.82) is 0 Å². The van der Waals surface area contributed by atoms with Crippen LogP contribution in [0.1, 0.15) is 19.8 Å². The number of rotatable bonds is 6. The topological polar surface area (TPSA) is 90.7 Å². The van der Waals surface area contributed by atoms with Gasteiger partial charge in [-0.2, -0.15) is 0 Å². The minimum atomic E-state index is -0.303. The van der Waals surface area contributed by atoms with Gasteiger partial charge in [0.15, 0.2) is 0 Å². The van der Waals surface area contributed by atoms with Crippen molar-refractivity contribution in [2.24, 2.45) is 23.5 Å². The zero-order chi connectivity index (χ0) is 14.3. The minimum Gasteiger partial charge on any atom is -0.469 e. The van der Waals surface area contributed by atoms with Crippen LogP contribution in [0.4, 0.5) is 0 Å². The van der Waals surface area contributed by atoms with E-state index in [-0.39, 0.29) is 29.6 Å². The van der Waals surface area contributed by atoms with Crippen LogP contribution in [0.25, 0.3) is 0 Å². The van der Waals surface area contributed by atoms with Gasteiger partial charge in [0.2, 0.25) is 5.91 Å². The lowest BCUT2D eigenvalue weighted by Crippen LogP contribution is -2.42. The molecule has 1 aliphatic heterocycles. The summed E-state index contributed by atoms with van der Waals surface area (Å²) < 4.78 is 10.1. The van der Waals surface area contributed by atoms with Gasteiger partial charge in [-0.3, -0.25) is 9.59 Å². The van der Waals surface area contributed by atoms with Gasteiger partial charge in [-0.05, 0) is 18.8 Å². The second-order valence-corrected chi connectivity index (χ2v) is 4.96. The number of nitrogens with two attached hydrogens (primary N) is 1. The Balaban J connectivity index is 2.54. The molecule has 1 saturated heterocycles. The Bertz CT molecular complexity index is 303. The Kier molecular flexibility index (Phi) is 6.80. The lowest BCUT2D eigenvalue weighted by atomic mass is 9.86. The van der Waals surface area contributed by atoms with Gasteiger partial charge in [0, 0.05) is 32.2 Å². The van der Waals surface area contributed by atoms with E-state index < -0.39 is 0 Å². The van der Waals surface area contributed by atoms with E-state index in [1.165, 1.54) is 7.11 Å². The Labute approximate surface area is 114 Å². The Morgan fingerprint density at radius 2 is 2.05 bits per heavy atom. The number of methoxy groups -OCH3 is 1. The number of carbonyl (C=O) groups excluding carboxylic acids is 2. The maximum atomic E-state index is 11.8. The van der Waals surface area contributed by atoms with Gasteiger partial charge < -0.3 is 20.5 Å². The third-order valence-corrected chi connectivity index (χ3v) is 3.64. The maximum absolute atomic E-state index is 11.8. The molecule has 0 aromatic heterocycles. The molecule has 0 radical (unpaired) electrons. The molecule has 110 valence electrons. The molecule has 0 aromatic rings. The summed E-state index contributed by atoms with van der Waals surface area (Å²) in [6.07, 6.45) is 1.64. The minimum absolute atomic E-state index is 0.122. The molecule has 0 aromatic carbocycles. The zero-order valence-corrected chi connectivity index (χ0v) is 11.7. The number of hydrogen-bond acceptors (Lipinski definition) is 5. The van der Waals surface area contributed by atoms with Gasteiger partial charge in [-0.25, -0.2) is 0 Å². The van der Waals surface area contributed by atoms with Gasteiger partial charge in [0.05, 0.1) is 13.0 Å². The fraction of sp³-hybridized carbons (Fsp3) is 0.846. The molecule has 1 amide bonds. The average Bonchev–Trinajstić information content (AvgIpc) is 2.47. The Hall–Kier alpha value is -1.14. The number of carbonyl (C=O) groups is 2. The fourth-order valence-electron chi connectivity index (χ4n) is 2.20. The van der Waals surface area contributed by atoms with Crippen molar-refractivity contribution in [2.75, 3.05) is 33.4 Å². The number of hydrogen-bond donors (Lipinski definition) is 2. The third-order valence-electron chi connectivity index (χ3n) is 3.64. The first-order chi connectivity index (χ1) is 9.10. The first-order valence-electron chi connectivity index (χ1n) is 6.73. The van der Waals surface area contributed by atoms with E-state index in [1.54, 1.807) is 6.92 Å². The molecule has 0 aliphatic carbocycles. The predicted octanol–water partition coefficient (Wildman–Crippen LogP) is -0.0868. The van der Waals surface area contributed by atoms with Crippen LogP contribution in [0.15, 0.2) is 0 Å². The van der Waals surface area contributed by atoms with Crippen molar-refractivity contribution in [2.45, 2.75) is 19.8 Å². The van der Waals surface area contributed by atoms with Crippen LogP contribution in [0.5, 0.6) is 0 Å². The van der Waals surface area contributed by atoms with E-state index in [9.17, 15) is 9.59 Å². The van der Waals surface area contributed by atoms with E-state index in [1.807, 2.05) is 0 Å². The summed E-state index contributed by atoms with van der Waals surface area (Å²) in [4.78, 5) is 23.5. The van der Waals surface area contributed by atoms with E-state index >= 15 is 0 Å². The molecule has 0 spiro atoms. The maximum Gasteiger partial charge on any atom is 0.310 e. The van der Waals surface area contributed by atoms with E-state index in [4.69, 9.17) is 15.2 Å². The van der Waals surface area contributed by atoms with E-state index in [0.717, 1.165) is 12.8 Å². The molecule has 6 heteroatoms. The largest absolute Gasteiger partial charge is 0.469 e. The predicted molar refractivity (Wildman–Crippen MR) is 70.3 cm³/mol. The summed E-state index contributed by atoms with van der Waals surface area (Å²) in [6, 6.07) is 0. The van der Waals surface area contributed by atoms with Crippen LogP contribution in [0.2, 0.25) is 0 Å². The average molecular weight is 272 g/mol. The molecule has 1 fully saturated rings. The SMILES string of the molecule is COC(=O)C(CNC(=O)C(C)CN)C1CCOCC1. The van der Waals surface area contributed by atoms with Crippen molar-refractivity contribution in [3.05, 3.63) is 0 Å². The first kappa shape index (κ1) is 15.9. The van der Waals surface area contributed by atoms with Gasteiger partial charge in [0.25, 0.3) is 0 Å². The second kappa shape index (κ2) is 8.12. The Morgan fingerprint density at radius 1 is 1.42 bits per heavy atom. The van der Waals surface area contributed by atoms with Crippen LogP contribution in [0, 0.1) is 17.8 Å². The van der Waals surface area contributed by atoms with Crippen molar-refractivity contribution < 1.29 is 19.1 Å². The molecule has 2 unspecified atom stereocenters. The molecule has 1 heterocycles. The standard InChI is InChI=1S/C13H24N2O4/c1-9(7-14)12(16)15-8-11(13(17)18-2)10-3-5-19-6-4-10/h9-11H,3-8,14H2,1-2H3,(H,15,16). The summed E-state index contributed by atoms with van der Waals surface area (Å²) in [5.41, 5.74) is 5.44. The molecule has 6 nitrogen and oxygen atoms in total. The zero-order valence-electron chi connectivity index (χ0n) is 11.7. The highest BCUT2D eigenvalue weighted by molar-refractivity contribution is 5.79. The van der Waals surface area contributed by atoms with Crippen LogP contribution < -0.4 is 11.1 Å². The highest BCUT2D eigenvalue weighted by Gasteiger charge is 2.31. The van der Waals surface area contributed by atoms with Crippen LogP contribution >= 0.6 is 0 Å². The molecule has 2 atom stereocenters. The number of esters is 1. The summed E-state index contributed by atoms with van der Waals surface area (Å²) in [6.45, 7) is 3.68. The quantitative estimate of drug-likeness (QED) is 0.660. The van der Waals surface area contributed by atoms with Gasteiger partial charge in [0.1, 0.15) is 0 Å². The van der Waals surface area contributed by atoms with Crippen LogP contribution in [-0.2, 0) is 19.1 Å². The summed E-state index contributed by atoms with van der Waals surface area (Å²) in [5.74, 6) is -0.735. The van der Waals surface area contributed by atoms with Crippen molar-refractivity contribution in [1.82, 2.24) is 5.32 Å². The van der Waals surface area contributed by atoms with Crippen LogP contribution in [-0.4, -0.2) is 45.3 Å². The Morgan fingerprint density at radius 3 is 2.58 bits per heavy atom. The fourth-order valence-corrected chi connectivity index (χ4v) is 2.20. The molecular formula is C13H24N2O4. The number of nitrogens with one attached hydrogen (secondary N) is 1. The molecule has 19 heavy (non-hydrogen) atoms. The second-order valence-electron chi connectivity index (χ2n) is 4.96. The van der Waals surface area contributed by atoms with Gasteiger partial charge >= 0.3 is 5.97 Å². The number of amides is 1. The summed E-state index contributed by atoms with van der Waals surface area (Å²) in [7, 11) is 1.37. The molecule has 3 N–H and O–H groups in total. The summed E-state index contributed by atoms with van der Waals surface area (Å²) in [5, 5.41) is 2.79. The number of ether oxygens (including phenoxy) is 2. The highest BCUT2D eigenvalue weighted by atomic mass is 16.5. The van der Waals surface area contributed by atoms with Gasteiger partial charge in [-0.1, -0.05) is 6.92 Å². The molecule has 0 saturated carbocycles. The molecule has 1 rings (SSSR count). The van der Waals surface area contributed by atoms with Crippen LogP contribution in [0.3, 0.4) is 0 Å². The van der Waals surface area contributed by atoms with E-state index in [0.29, 0.717) is 26.3 Å². The highest BCUT2D eigenvalue weighted by Crippen LogP contribution is 2.24. The van der Waals surface area contributed by atoms with Gasteiger partial charge in [-0.15, -0.1) is 0 Å². The molecule has 0 bridgehead atoms. The normalized spacial score (nSPS) is 19.5. The first-order valence-corrected chi connectivity index (χ1v) is 6.73. The van der Waals surface area contributed by atoms with E-state index in [2.05, 4.69) is 5.32 Å². The monoisotopic (exact) mass is 272 g/mol. The van der Waals surface area contributed by atoms with Crippen molar-refractivity contribution in [3.63, 3.8) is 0 Å². The molecule has 1 aliphatic rings. The third kappa shape index (κ3) is 4.80. The lowest BCUT2D eigenvalue weighted by Gasteiger charge is -2.28. The van der Waals surface area contributed by atoms with Crippen molar-refractivity contribution in [3.8, 4) is 0 Å². The lowest BCUT2D eigenvalue weighted by molar-refractivity contribution is -0.148. The smallest absolute Gasteiger partial charge is 0.310 e. The molecular weight excluding hydrogens is 248 g/mol. The van der Waals surface area contributed by atoms with Crippen molar-refractivity contribution >= 4 is 11.9 Å². The summed E-state index contributed by atoms with van der Waals surface area (Å²) >= 11 is 0.